The van der Waals surface area contributed by atoms with Crippen LogP contribution in [0.25, 0.3) is 0 Å². The molecule has 0 saturated carbocycles. The molecule has 22 heavy (non-hydrogen) atoms. The lowest BCUT2D eigenvalue weighted by Gasteiger charge is -2.20. The van der Waals surface area contributed by atoms with Gasteiger partial charge in [-0.1, -0.05) is 38.4 Å². The summed E-state index contributed by atoms with van der Waals surface area (Å²) in [5, 5.41) is 3.79. The van der Waals surface area contributed by atoms with Crippen molar-refractivity contribution in [3.8, 4) is 0 Å². The van der Waals surface area contributed by atoms with Crippen LogP contribution in [0.4, 0.5) is 4.79 Å². The van der Waals surface area contributed by atoms with E-state index >= 15 is 0 Å². The highest BCUT2D eigenvalue weighted by molar-refractivity contribution is 7.91. The van der Waals surface area contributed by atoms with E-state index in [1.165, 1.54) is 4.90 Å². The second kappa shape index (κ2) is 8.28. The smallest absolute Gasteiger partial charge is 0.318 e. The van der Waals surface area contributed by atoms with Gasteiger partial charge in [0.2, 0.25) is 9.84 Å². The van der Waals surface area contributed by atoms with Crippen LogP contribution < -0.4 is 0 Å². The molecule has 0 radical (unpaired) electrons. The van der Waals surface area contributed by atoms with Crippen LogP contribution in [0.3, 0.4) is 0 Å². The minimum absolute atomic E-state index is 0.0289. The lowest BCUT2D eigenvalue weighted by atomic mass is 10.4. The summed E-state index contributed by atoms with van der Waals surface area (Å²) in [4.78, 5) is 17.5. The van der Waals surface area contributed by atoms with Gasteiger partial charge in [0.1, 0.15) is 6.33 Å². The molecule has 0 aromatic carbocycles. The molecule has 1 amide bonds. The number of amides is 1. The number of rotatable bonds is 8. The van der Waals surface area contributed by atoms with E-state index < -0.39 is 15.9 Å². The number of aromatic nitrogens is 3. The van der Waals surface area contributed by atoms with Gasteiger partial charge in [-0.05, 0) is 12.8 Å². The first-order chi connectivity index (χ1) is 10.3. The zero-order valence-corrected chi connectivity index (χ0v) is 14.4. The first-order valence-corrected chi connectivity index (χ1v) is 9.11. The van der Waals surface area contributed by atoms with Crippen LogP contribution >= 0.6 is 11.6 Å². The van der Waals surface area contributed by atoms with Crippen molar-refractivity contribution in [3.05, 3.63) is 17.9 Å². The standard InChI is InChI=1S/C13H21ClN4O3S/c1-4-6-8-22(20,21)12-15-10-18(16-12)13(19)17(7-5-2)9-11(3)14/h10H,3-9H2,1-2H3. The van der Waals surface area contributed by atoms with Crippen LogP contribution in [0.5, 0.6) is 0 Å². The molecule has 0 unspecified atom stereocenters. The number of nitrogens with zero attached hydrogens (tertiary/aromatic N) is 4. The number of carbonyl (C=O) groups is 1. The third-order valence-electron chi connectivity index (χ3n) is 2.84. The predicted molar refractivity (Wildman–Crippen MR) is 84.6 cm³/mol. The molecule has 0 bridgehead atoms. The van der Waals surface area contributed by atoms with Gasteiger partial charge in [0.25, 0.3) is 5.16 Å². The number of hydrogen-bond donors (Lipinski definition) is 0. The third kappa shape index (κ3) is 5.10. The fourth-order valence-electron chi connectivity index (χ4n) is 1.77. The quantitative estimate of drug-likeness (QED) is 0.719. The van der Waals surface area contributed by atoms with Crippen LogP contribution in [0.1, 0.15) is 33.1 Å². The monoisotopic (exact) mass is 348 g/mol. The largest absolute Gasteiger partial charge is 0.346 e. The molecule has 124 valence electrons. The van der Waals surface area contributed by atoms with Gasteiger partial charge in [-0.3, -0.25) is 0 Å². The molecule has 0 fully saturated rings. The maximum Gasteiger partial charge on any atom is 0.346 e. The maximum absolute atomic E-state index is 12.3. The van der Waals surface area contributed by atoms with Crippen molar-refractivity contribution in [2.45, 2.75) is 38.3 Å². The first kappa shape index (κ1) is 18.6. The number of hydrogen-bond acceptors (Lipinski definition) is 5. The molecule has 0 atom stereocenters. The average Bonchev–Trinajstić information content (AvgIpc) is 2.94. The molecular formula is C13H21ClN4O3S. The summed E-state index contributed by atoms with van der Waals surface area (Å²) in [5.41, 5.74) is 0. The van der Waals surface area contributed by atoms with Gasteiger partial charge in [-0.25, -0.2) is 18.2 Å². The summed E-state index contributed by atoms with van der Waals surface area (Å²) in [5.74, 6) is -0.0289. The van der Waals surface area contributed by atoms with Crippen molar-refractivity contribution in [2.24, 2.45) is 0 Å². The van der Waals surface area contributed by atoms with Crippen LogP contribution in [0.15, 0.2) is 23.1 Å². The summed E-state index contributed by atoms with van der Waals surface area (Å²) < 4.78 is 24.9. The Balaban J connectivity index is 2.93. The number of halogens is 1. The molecule has 0 saturated heterocycles. The molecular weight excluding hydrogens is 328 g/mol. The first-order valence-electron chi connectivity index (χ1n) is 7.08. The van der Waals surface area contributed by atoms with Crippen LogP contribution in [-0.4, -0.2) is 53.0 Å². The lowest BCUT2D eigenvalue weighted by molar-refractivity contribution is 0.201. The van der Waals surface area contributed by atoms with Crippen molar-refractivity contribution >= 4 is 27.5 Å². The number of sulfone groups is 1. The highest BCUT2D eigenvalue weighted by Crippen LogP contribution is 2.09. The Bertz CT molecular complexity index is 627. The topological polar surface area (TPSA) is 85.2 Å². The Morgan fingerprint density at radius 3 is 2.64 bits per heavy atom. The summed E-state index contributed by atoms with van der Waals surface area (Å²) in [6.45, 7) is 8.01. The molecule has 1 rings (SSSR count). The second-order valence-corrected chi connectivity index (χ2v) is 7.40. The van der Waals surface area contributed by atoms with Gasteiger partial charge in [-0.2, -0.15) is 4.68 Å². The summed E-state index contributed by atoms with van der Waals surface area (Å²) in [7, 11) is -3.55. The van der Waals surface area contributed by atoms with Crippen LogP contribution in [0, 0.1) is 0 Å². The van der Waals surface area contributed by atoms with E-state index in [1.807, 2.05) is 13.8 Å². The Morgan fingerprint density at radius 1 is 1.41 bits per heavy atom. The lowest BCUT2D eigenvalue weighted by Crippen LogP contribution is -2.36. The van der Waals surface area contributed by atoms with Crippen molar-refractivity contribution in [2.75, 3.05) is 18.8 Å². The van der Waals surface area contributed by atoms with Crippen molar-refractivity contribution in [1.82, 2.24) is 19.7 Å². The number of carbonyl (C=O) groups excluding carboxylic acids is 1. The molecule has 7 nitrogen and oxygen atoms in total. The summed E-state index contributed by atoms with van der Waals surface area (Å²) in [6.07, 6.45) is 3.12. The molecule has 9 heteroatoms. The predicted octanol–water partition coefficient (Wildman–Crippen LogP) is 2.28. The zero-order chi connectivity index (χ0) is 16.8. The highest BCUT2D eigenvalue weighted by atomic mass is 35.5. The van der Waals surface area contributed by atoms with Gasteiger partial charge >= 0.3 is 6.03 Å². The Morgan fingerprint density at radius 2 is 2.09 bits per heavy atom. The molecule has 0 aliphatic heterocycles. The van der Waals surface area contributed by atoms with E-state index in [0.29, 0.717) is 18.0 Å². The van der Waals surface area contributed by atoms with E-state index in [9.17, 15) is 13.2 Å². The van der Waals surface area contributed by atoms with Gasteiger partial charge in [0.15, 0.2) is 0 Å². The molecule has 0 aliphatic carbocycles. The third-order valence-corrected chi connectivity index (χ3v) is 4.53. The van der Waals surface area contributed by atoms with Crippen LogP contribution in [0.2, 0.25) is 0 Å². The maximum atomic E-state index is 12.3. The van der Waals surface area contributed by atoms with Crippen LogP contribution in [-0.2, 0) is 9.84 Å². The average molecular weight is 349 g/mol. The Kier molecular flexibility index (Phi) is 7.02. The van der Waals surface area contributed by atoms with E-state index in [0.717, 1.165) is 23.9 Å². The Labute approximate surface area is 135 Å². The van der Waals surface area contributed by atoms with Gasteiger partial charge in [0, 0.05) is 11.6 Å². The van der Waals surface area contributed by atoms with E-state index in [2.05, 4.69) is 16.7 Å². The van der Waals surface area contributed by atoms with Crippen molar-refractivity contribution in [1.29, 1.82) is 0 Å². The van der Waals surface area contributed by atoms with E-state index in [4.69, 9.17) is 11.6 Å². The van der Waals surface area contributed by atoms with Gasteiger partial charge < -0.3 is 4.90 Å². The zero-order valence-electron chi connectivity index (χ0n) is 12.8. The molecule has 0 spiro atoms. The fraction of sp³-hybridized carbons (Fsp3) is 0.615. The molecule has 0 N–H and O–H groups in total. The number of unbranched alkanes of at least 4 members (excludes halogenated alkanes) is 1. The summed E-state index contributed by atoms with van der Waals surface area (Å²) in [6, 6.07) is -0.479. The Hall–Kier alpha value is -1.41. The molecule has 1 heterocycles. The second-order valence-electron chi connectivity index (χ2n) is 4.87. The molecule has 1 aromatic heterocycles. The minimum atomic E-state index is -3.55. The van der Waals surface area contributed by atoms with Gasteiger partial charge in [0.05, 0.1) is 12.3 Å². The molecule has 0 aliphatic rings. The SMILES string of the molecule is C=C(Cl)CN(CCC)C(=O)n1cnc(S(=O)(=O)CCCC)n1. The van der Waals surface area contributed by atoms with E-state index in [1.54, 1.807) is 0 Å². The van der Waals surface area contributed by atoms with E-state index in [-0.39, 0.29) is 17.5 Å². The highest BCUT2D eigenvalue weighted by Gasteiger charge is 2.23. The molecule has 1 aromatic rings. The van der Waals surface area contributed by atoms with Crippen molar-refractivity contribution < 1.29 is 13.2 Å². The van der Waals surface area contributed by atoms with Gasteiger partial charge in [-0.15, -0.1) is 5.10 Å². The fourth-order valence-corrected chi connectivity index (χ4v) is 3.19. The minimum Gasteiger partial charge on any atom is -0.318 e. The van der Waals surface area contributed by atoms with Crippen molar-refractivity contribution in [3.63, 3.8) is 0 Å². The summed E-state index contributed by atoms with van der Waals surface area (Å²) >= 11 is 5.75. The normalized spacial score (nSPS) is 11.4.